The molecule has 0 aliphatic carbocycles. The van der Waals surface area contributed by atoms with Crippen molar-refractivity contribution >= 4 is 22.7 Å². The average Bonchev–Trinajstić information content (AvgIpc) is 3.33. The summed E-state index contributed by atoms with van der Waals surface area (Å²) < 4.78 is 29.8. The summed E-state index contributed by atoms with van der Waals surface area (Å²) >= 11 is 0. The zero-order valence-corrected chi connectivity index (χ0v) is 24.4. The fourth-order valence-electron chi connectivity index (χ4n) is 4.68. The third kappa shape index (κ3) is 7.69. The topological polar surface area (TPSA) is 239 Å². The van der Waals surface area contributed by atoms with Crippen LogP contribution in [0.2, 0.25) is 0 Å². The number of non-ortho nitro benzene ring substituents is 4. The normalized spacial score (nSPS) is 20.0. The van der Waals surface area contributed by atoms with Gasteiger partial charge in [0.05, 0.1) is 19.7 Å². The molecular formula is C30H24N4O14. The van der Waals surface area contributed by atoms with E-state index >= 15 is 0 Å². The number of nitrogens with zero attached hydrogens (tertiary/aromatic N) is 4. The fraction of sp³-hybridized carbons (Fsp3) is 0.200. The predicted octanol–water partition coefficient (Wildman–Crippen LogP) is 4.76. The van der Waals surface area contributed by atoms with Gasteiger partial charge in [0.2, 0.25) is 5.79 Å². The molecule has 5 rings (SSSR count). The first kappa shape index (κ1) is 33.0. The quantitative estimate of drug-likeness (QED) is 0.141. The lowest BCUT2D eigenvalue weighted by molar-refractivity contribution is -0.385. The molecule has 48 heavy (non-hydrogen) atoms. The first-order valence-electron chi connectivity index (χ1n) is 13.9. The van der Waals surface area contributed by atoms with Crippen molar-refractivity contribution in [2.24, 2.45) is 0 Å². The van der Waals surface area contributed by atoms with Gasteiger partial charge in [0.1, 0.15) is 42.3 Å². The first-order chi connectivity index (χ1) is 22.9. The highest BCUT2D eigenvalue weighted by Gasteiger charge is 2.59. The minimum absolute atomic E-state index is 0.0668. The van der Waals surface area contributed by atoms with E-state index in [1.165, 1.54) is 97.1 Å². The number of benzene rings is 4. The Labute approximate surface area is 269 Å². The van der Waals surface area contributed by atoms with Crippen LogP contribution >= 0.6 is 0 Å². The van der Waals surface area contributed by atoms with Gasteiger partial charge in [-0.15, -0.1) is 0 Å². The lowest BCUT2D eigenvalue weighted by Crippen LogP contribution is -2.52. The van der Waals surface area contributed by atoms with Gasteiger partial charge in [-0.1, -0.05) is 0 Å². The Hall–Kier alpha value is -6.40. The molecule has 4 atom stereocenters. The van der Waals surface area contributed by atoms with Crippen molar-refractivity contribution in [2.45, 2.75) is 24.1 Å². The highest BCUT2D eigenvalue weighted by Crippen LogP contribution is 2.37. The van der Waals surface area contributed by atoms with Crippen molar-refractivity contribution in [3.63, 3.8) is 0 Å². The van der Waals surface area contributed by atoms with Crippen molar-refractivity contribution in [2.75, 3.05) is 13.2 Å². The van der Waals surface area contributed by atoms with E-state index in [1.54, 1.807) is 0 Å². The largest absolute Gasteiger partial charge is 0.491 e. The van der Waals surface area contributed by atoms with Crippen LogP contribution in [0.25, 0.3) is 0 Å². The van der Waals surface area contributed by atoms with Crippen LogP contribution < -0.4 is 18.9 Å². The summed E-state index contributed by atoms with van der Waals surface area (Å²) in [6.07, 6.45) is -3.83. The molecule has 0 saturated carbocycles. The molecule has 0 spiro atoms. The van der Waals surface area contributed by atoms with E-state index in [0.717, 1.165) is 0 Å². The Balaban J connectivity index is 1.47. The summed E-state index contributed by atoms with van der Waals surface area (Å²) in [5.41, 5.74) is -0.810. The second kappa shape index (κ2) is 13.9. The fourth-order valence-corrected chi connectivity index (χ4v) is 4.68. The summed E-state index contributed by atoms with van der Waals surface area (Å²) in [6.45, 7) is -0.925. The van der Waals surface area contributed by atoms with Gasteiger partial charge in [-0.3, -0.25) is 40.5 Å². The highest BCUT2D eigenvalue weighted by atomic mass is 16.7. The summed E-state index contributed by atoms with van der Waals surface area (Å²) in [5.74, 6) is -1.79. The lowest BCUT2D eigenvalue weighted by Gasteiger charge is -2.30. The van der Waals surface area contributed by atoms with Crippen molar-refractivity contribution < 1.29 is 48.5 Å². The molecule has 0 amide bonds. The van der Waals surface area contributed by atoms with Crippen LogP contribution in [0.3, 0.4) is 0 Å². The van der Waals surface area contributed by atoms with Crippen LogP contribution in [-0.4, -0.2) is 62.1 Å². The number of rotatable bonds is 14. The summed E-state index contributed by atoms with van der Waals surface area (Å²) in [4.78, 5) is 42.1. The van der Waals surface area contributed by atoms with Crippen molar-refractivity contribution in [1.29, 1.82) is 0 Å². The van der Waals surface area contributed by atoms with E-state index in [4.69, 9.17) is 23.7 Å². The van der Waals surface area contributed by atoms with E-state index in [9.17, 15) is 45.6 Å². The minimum Gasteiger partial charge on any atom is -0.491 e. The monoisotopic (exact) mass is 664 g/mol. The van der Waals surface area contributed by atoms with Crippen molar-refractivity contribution in [3.8, 4) is 23.0 Å². The molecule has 0 bridgehead atoms. The molecule has 1 N–H and O–H groups in total. The number of nitro benzene ring substituents is 4. The number of hydrogen-bond donors (Lipinski definition) is 1. The number of aliphatic hydroxyl groups is 1. The molecule has 0 radical (unpaired) electrons. The average molecular weight is 665 g/mol. The Morgan fingerprint density at radius 2 is 0.917 bits per heavy atom. The van der Waals surface area contributed by atoms with Crippen LogP contribution in [0.4, 0.5) is 22.7 Å². The summed E-state index contributed by atoms with van der Waals surface area (Å²) in [7, 11) is 0. The van der Waals surface area contributed by atoms with Gasteiger partial charge in [-0.05, 0) is 48.5 Å². The molecule has 4 aromatic rings. The molecule has 1 saturated heterocycles. The van der Waals surface area contributed by atoms with Crippen LogP contribution in [0.1, 0.15) is 0 Å². The Kier molecular flexibility index (Phi) is 9.57. The number of hydrogen-bond acceptors (Lipinski definition) is 14. The molecular weight excluding hydrogens is 640 g/mol. The standard InChI is InChI=1S/C30H24N4O14/c35-30(18-45-24-11-3-20(4-12-24)32(38)39)29(47-26-15-7-22(8-16-26)34(42)43)28(46-25-13-5-21(6-14-25)33(40)41)27(48-30)17-44-23-9-1-19(2-10-23)31(36)37/h1-16,27-29,35H,17-18H2/t27-,28-,29+,30+/m1/s1. The molecule has 1 fully saturated rings. The predicted molar refractivity (Wildman–Crippen MR) is 162 cm³/mol. The third-order valence-corrected chi connectivity index (χ3v) is 7.05. The number of nitro groups is 4. The van der Waals surface area contributed by atoms with Crippen LogP contribution in [0, 0.1) is 40.5 Å². The van der Waals surface area contributed by atoms with Crippen LogP contribution in [-0.2, 0) is 4.74 Å². The molecule has 4 aromatic carbocycles. The smallest absolute Gasteiger partial charge is 0.269 e. The molecule has 0 aromatic heterocycles. The molecule has 18 nitrogen and oxygen atoms in total. The van der Waals surface area contributed by atoms with Crippen LogP contribution in [0.15, 0.2) is 97.1 Å². The second-order valence-electron chi connectivity index (χ2n) is 10.2. The molecule has 1 aliphatic rings. The molecule has 1 aliphatic heterocycles. The zero-order chi connectivity index (χ0) is 34.4. The van der Waals surface area contributed by atoms with E-state index in [-0.39, 0.29) is 52.4 Å². The van der Waals surface area contributed by atoms with Crippen molar-refractivity contribution in [3.05, 3.63) is 138 Å². The molecule has 1 heterocycles. The van der Waals surface area contributed by atoms with E-state index in [0.29, 0.717) is 0 Å². The lowest BCUT2D eigenvalue weighted by atomic mass is 10.0. The maximum absolute atomic E-state index is 11.9. The van der Waals surface area contributed by atoms with Gasteiger partial charge in [0.15, 0.2) is 12.2 Å². The Bertz CT molecular complexity index is 1790. The third-order valence-electron chi connectivity index (χ3n) is 7.05. The van der Waals surface area contributed by atoms with Gasteiger partial charge >= 0.3 is 0 Å². The molecule has 248 valence electrons. The van der Waals surface area contributed by atoms with E-state index in [1.807, 2.05) is 0 Å². The maximum Gasteiger partial charge on any atom is 0.269 e. The zero-order valence-electron chi connectivity index (χ0n) is 24.4. The molecule has 0 unspecified atom stereocenters. The van der Waals surface area contributed by atoms with Gasteiger partial charge in [0.25, 0.3) is 22.7 Å². The van der Waals surface area contributed by atoms with E-state index < -0.39 is 50.4 Å². The summed E-state index contributed by atoms with van der Waals surface area (Å²) in [6, 6.07) is 20.1. The Morgan fingerprint density at radius 1 is 0.562 bits per heavy atom. The molecule has 18 heteroatoms. The second-order valence-corrected chi connectivity index (χ2v) is 10.2. The van der Waals surface area contributed by atoms with Crippen molar-refractivity contribution in [1.82, 2.24) is 0 Å². The Morgan fingerprint density at radius 3 is 1.31 bits per heavy atom. The van der Waals surface area contributed by atoms with Gasteiger partial charge < -0.3 is 28.8 Å². The van der Waals surface area contributed by atoms with Gasteiger partial charge in [-0.25, -0.2) is 0 Å². The minimum atomic E-state index is -2.32. The maximum atomic E-state index is 11.9. The summed E-state index contributed by atoms with van der Waals surface area (Å²) in [5, 5.41) is 56.4. The van der Waals surface area contributed by atoms with Gasteiger partial charge in [-0.2, -0.15) is 0 Å². The van der Waals surface area contributed by atoms with E-state index in [2.05, 4.69) is 0 Å². The van der Waals surface area contributed by atoms with Crippen LogP contribution in [0.5, 0.6) is 23.0 Å². The van der Waals surface area contributed by atoms with Gasteiger partial charge in [0, 0.05) is 48.5 Å². The number of ether oxygens (including phenoxy) is 5. The SMILES string of the molecule is O=[N+]([O-])c1ccc(OC[C@H]2O[C@@](O)(COc3ccc([N+](=O)[O-])cc3)[C@@H](Oc3ccc([N+](=O)[O-])cc3)[C@@H]2Oc2ccc([N+](=O)[O-])cc2)cc1. The first-order valence-corrected chi connectivity index (χ1v) is 13.9. The highest BCUT2D eigenvalue weighted by molar-refractivity contribution is 5.39.